The summed E-state index contributed by atoms with van der Waals surface area (Å²) in [5.74, 6) is 1.47. The second-order valence-corrected chi connectivity index (χ2v) is 5.03. The van der Waals surface area contributed by atoms with E-state index in [1.807, 2.05) is 62.4 Å². The van der Waals surface area contributed by atoms with Gasteiger partial charge in [-0.05, 0) is 38.1 Å². The van der Waals surface area contributed by atoms with E-state index in [4.69, 9.17) is 9.47 Å². The van der Waals surface area contributed by atoms with Crippen molar-refractivity contribution in [2.75, 3.05) is 18.5 Å². The van der Waals surface area contributed by atoms with Crippen molar-refractivity contribution in [3.8, 4) is 11.5 Å². The molecule has 118 valence electrons. The molecule has 0 aliphatic heterocycles. The Bertz CT molecular complexity index is 788. The lowest BCUT2D eigenvalue weighted by Gasteiger charge is -2.14. The predicted molar refractivity (Wildman–Crippen MR) is 93.8 cm³/mol. The lowest BCUT2D eigenvalue weighted by molar-refractivity contribution is 0.288. The maximum Gasteiger partial charge on any atom is 0.163 e. The highest BCUT2D eigenvalue weighted by atomic mass is 16.5. The van der Waals surface area contributed by atoms with Crippen LogP contribution < -0.4 is 14.8 Å². The zero-order chi connectivity index (χ0) is 16.1. The average Bonchev–Trinajstić information content (AvgIpc) is 2.57. The fraction of sp³-hybridized carbons (Fsp3) is 0.211. The molecular weight excluding hydrogens is 288 g/mol. The van der Waals surface area contributed by atoms with Crippen LogP contribution in [0.1, 0.15) is 13.8 Å². The number of nitrogens with one attached hydrogen (secondary N) is 1. The van der Waals surface area contributed by atoms with Crippen LogP contribution in [0.3, 0.4) is 0 Å². The quantitative estimate of drug-likeness (QED) is 0.712. The normalized spacial score (nSPS) is 10.5. The molecule has 0 atom stereocenters. The summed E-state index contributed by atoms with van der Waals surface area (Å²) in [6, 6.07) is 16.0. The number of hydrogen-bond donors (Lipinski definition) is 1. The highest BCUT2D eigenvalue weighted by Gasteiger charge is 2.11. The molecule has 0 bridgehead atoms. The number of hydrogen-bond acceptors (Lipinski definition) is 4. The van der Waals surface area contributed by atoms with E-state index in [1.54, 1.807) is 6.20 Å². The number of ether oxygens (including phenoxy) is 2. The van der Waals surface area contributed by atoms with Crippen LogP contribution in [-0.4, -0.2) is 18.2 Å². The van der Waals surface area contributed by atoms with Crippen LogP contribution in [0.4, 0.5) is 11.4 Å². The summed E-state index contributed by atoms with van der Waals surface area (Å²) in [5.41, 5.74) is 2.90. The van der Waals surface area contributed by atoms with E-state index < -0.39 is 0 Å². The van der Waals surface area contributed by atoms with Crippen molar-refractivity contribution >= 4 is 22.3 Å². The van der Waals surface area contributed by atoms with Gasteiger partial charge in [-0.3, -0.25) is 4.98 Å². The van der Waals surface area contributed by atoms with Gasteiger partial charge in [-0.1, -0.05) is 18.2 Å². The van der Waals surface area contributed by atoms with Crippen LogP contribution in [-0.2, 0) is 0 Å². The minimum Gasteiger partial charge on any atom is -0.490 e. The standard InChI is InChI=1S/C19H20N2O2/c1-3-22-18-12-15-16(21-14-8-6-5-7-9-14)10-11-20-17(15)13-19(18)23-4-2/h5-13H,3-4H2,1-2H3,(H,20,21). The number of benzene rings is 2. The first kappa shape index (κ1) is 15.2. The lowest BCUT2D eigenvalue weighted by Crippen LogP contribution is -2.00. The van der Waals surface area contributed by atoms with Gasteiger partial charge in [0.2, 0.25) is 0 Å². The Kier molecular flexibility index (Phi) is 4.62. The van der Waals surface area contributed by atoms with Crippen molar-refractivity contribution in [1.82, 2.24) is 4.98 Å². The molecule has 2 aromatic carbocycles. The van der Waals surface area contributed by atoms with Crippen LogP contribution in [0.2, 0.25) is 0 Å². The highest BCUT2D eigenvalue weighted by molar-refractivity contribution is 5.95. The smallest absolute Gasteiger partial charge is 0.163 e. The Morgan fingerprint density at radius 2 is 1.61 bits per heavy atom. The van der Waals surface area contributed by atoms with Gasteiger partial charge in [-0.25, -0.2) is 0 Å². The van der Waals surface area contributed by atoms with Crippen LogP contribution >= 0.6 is 0 Å². The number of rotatable bonds is 6. The molecule has 0 unspecified atom stereocenters. The van der Waals surface area contributed by atoms with Gasteiger partial charge in [0.25, 0.3) is 0 Å². The second kappa shape index (κ2) is 7.01. The van der Waals surface area contributed by atoms with Gasteiger partial charge in [0.05, 0.1) is 18.7 Å². The third-order valence-electron chi connectivity index (χ3n) is 3.46. The summed E-state index contributed by atoms with van der Waals surface area (Å²) in [7, 11) is 0. The molecule has 0 amide bonds. The van der Waals surface area contributed by atoms with Crippen molar-refractivity contribution in [2.45, 2.75) is 13.8 Å². The van der Waals surface area contributed by atoms with E-state index >= 15 is 0 Å². The summed E-state index contributed by atoms with van der Waals surface area (Å²) >= 11 is 0. The summed E-state index contributed by atoms with van der Waals surface area (Å²) in [6.45, 7) is 5.11. The van der Waals surface area contributed by atoms with Gasteiger partial charge in [0, 0.05) is 29.0 Å². The minimum atomic E-state index is 0.591. The molecular formula is C19H20N2O2. The molecule has 0 aliphatic rings. The molecule has 23 heavy (non-hydrogen) atoms. The molecule has 1 N–H and O–H groups in total. The van der Waals surface area contributed by atoms with E-state index in [0.29, 0.717) is 13.2 Å². The molecule has 3 rings (SSSR count). The van der Waals surface area contributed by atoms with Gasteiger partial charge in [0.1, 0.15) is 0 Å². The summed E-state index contributed by atoms with van der Waals surface area (Å²) < 4.78 is 11.4. The fourth-order valence-corrected chi connectivity index (χ4v) is 2.48. The first-order valence-electron chi connectivity index (χ1n) is 7.82. The van der Waals surface area contributed by atoms with Crippen molar-refractivity contribution in [3.05, 3.63) is 54.7 Å². The first-order valence-corrected chi connectivity index (χ1v) is 7.82. The Morgan fingerprint density at radius 1 is 0.913 bits per heavy atom. The van der Waals surface area contributed by atoms with E-state index in [1.165, 1.54) is 0 Å². The van der Waals surface area contributed by atoms with Gasteiger partial charge in [0.15, 0.2) is 11.5 Å². The Balaban J connectivity index is 2.06. The molecule has 1 heterocycles. The molecule has 0 radical (unpaired) electrons. The van der Waals surface area contributed by atoms with E-state index in [0.717, 1.165) is 33.8 Å². The molecule has 4 nitrogen and oxygen atoms in total. The van der Waals surface area contributed by atoms with Gasteiger partial charge < -0.3 is 14.8 Å². The Morgan fingerprint density at radius 3 is 2.30 bits per heavy atom. The molecule has 0 spiro atoms. The number of pyridine rings is 1. The number of fused-ring (bicyclic) bond motifs is 1. The third-order valence-corrected chi connectivity index (χ3v) is 3.46. The SMILES string of the molecule is CCOc1cc2nccc(Nc3ccccc3)c2cc1OCC. The molecule has 0 saturated heterocycles. The largest absolute Gasteiger partial charge is 0.490 e. The summed E-state index contributed by atoms with van der Waals surface area (Å²) in [5, 5.41) is 4.43. The molecule has 0 fully saturated rings. The minimum absolute atomic E-state index is 0.591. The molecule has 1 aromatic heterocycles. The van der Waals surface area contributed by atoms with Crippen molar-refractivity contribution < 1.29 is 9.47 Å². The molecule has 0 aliphatic carbocycles. The number of anilines is 2. The zero-order valence-electron chi connectivity index (χ0n) is 13.4. The monoisotopic (exact) mass is 308 g/mol. The summed E-state index contributed by atoms with van der Waals surface area (Å²) in [4.78, 5) is 4.45. The van der Waals surface area contributed by atoms with Crippen LogP contribution in [0.15, 0.2) is 54.7 Å². The van der Waals surface area contributed by atoms with E-state index in [9.17, 15) is 0 Å². The Hall–Kier alpha value is -2.75. The first-order chi connectivity index (χ1) is 11.3. The van der Waals surface area contributed by atoms with Crippen molar-refractivity contribution in [2.24, 2.45) is 0 Å². The zero-order valence-corrected chi connectivity index (χ0v) is 13.4. The van der Waals surface area contributed by atoms with Gasteiger partial charge in [-0.2, -0.15) is 0 Å². The number of nitrogens with zero attached hydrogens (tertiary/aromatic N) is 1. The lowest BCUT2D eigenvalue weighted by atomic mass is 10.1. The van der Waals surface area contributed by atoms with Gasteiger partial charge >= 0.3 is 0 Å². The van der Waals surface area contributed by atoms with Gasteiger partial charge in [-0.15, -0.1) is 0 Å². The van der Waals surface area contributed by atoms with Crippen LogP contribution in [0, 0.1) is 0 Å². The molecule has 0 saturated carbocycles. The fourth-order valence-electron chi connectivity index (χ4n) is 2.48. The van der Waals surface area contributed by atoms with Crippen molar-refractivity contribution in [1.29, 1.82) is 0 Å². The van der Waals surface area contributed by atoms with Crippen LogP contribution in [0.5, 0.6) is 11.5 Å². The van der Waals surface area contributed by atoms with E-state index in [2.05, 4.69) is 10.3 Å². The van der Waals surface area contributed by atoms with Crippen molar-refractivity contribution in [3.63, 3.8) is 0 Å². The topological polar surface area (TPSA) is 43.4 Å². The average molecular weight is 308 g/mol. The maximum absolute atomic E-state index is 5.72. The molecule has 4 heteroatoms. The van der Waals surface area contributed by atoms with Crippen LogP contribution in [0.25, 0.3) is 10.9 Å². The van der Waals surface area contributed by atoms with E-state index in [-0.39, 0.29) is 0 Å². The second-order valence-electron chi connectivity index (χ2n) is 5.03. The molecule has 3 aromatic rings. The predicted octanol–water partition coefficient (Wildman–Crippen LogP) is 4.78. The highest BCUT2D eigenvalue weighted by Crippen LogP contribution is 2.35. The number of aromatic nitrogens is 1. The summed E-state index contributed by atoms with van der Waals surface area (Å²) in [6.07, 6.45) is 1.80. The third kappa shape index (κ3) is 3.37. The Labute approximate surface area is 136 Å². The number of para-hydroxylation sites is 1. The maximum atomic E-state index is 5.72.